The highest BCUT2D eigenvalue weighted by Gasteiger charge is 2.18. The first-order valence-electron chi connectivity index (χ1n) is 14.6. The van der Waals surface area contributed by atoms with Crippen LogP contribution in [0.25, 0.3) is 0 Å². The van der Waals surface area contributed by atoms with Crippen LogP contribution in [-0.2, 0) is 12.8 Å². The van der Waals surface area contributed by atoms with Gasteiger partial charge in [-0.15, -0.1) is 0 Å². The second kappa shape index (κ2) is 14.6. The van der Waals surface area contributed by atoms with Crippen molar-refractivity contribution in [3.63, 3.8) is 0 Å². The van der Waals surface area contributed by atoms with Gasteiger partial charge in [-0.3, -0.25) is 9.80 Å². The van der Waals surface area contributed by atoms with E-state index in [1.54, 1.807) is 14.2 Å². The Morgan fingerprint density at radius 2 is 1.00 bits per heavy atom. The summed E-state index contributed by atoms with van der Waals surface area (Å²) in [6.45, 7) is 12.8. The van der Waals surface area contributed by atoms with E-state index in [9.17, 15) is 0 Å². The van der Waals surface area contributed by atoms with Gasteiger partial charge in [0, 0.05) is 13.1 Å². The molecular formula is C32H48N2O4. The molecule has 0 aliphatic carbocycles. The SMILES string of the molecule is COc1cc(C[C@@H](C)[C@@H](C)Cc2ccc(OCCN3CCCC3)c(OC)c2)ccc1OCCN1CCCC1. The molecule has 2 aromatic carbocycles. The second-order valence-corrected chi connectivity index (χ2v) is 11.1. The average Bonchev–Trinajstić information content (AvgIpc) is 3.64. The predicted molar refractivity (Wildman–Crippen MR) is 154 cm³/mol. The van der Waals surface area contributed by atoms with Crippen LogP contribution < -0.4 is 18.9 Å². The van der Waals surface area contributed by atoms with Crippen LogP contribution in [-0.4, -0.2) is 76.5 Å². The maximum Gasteiger partial charge on any atom is 0.161 e. The van der Waals surface area contributed by atoms with E-state index in [1.807, 2.05) is 0 Å². The van der Waals surface area contributed by atoms with Gasteiger partial charge >= 0.3 is 0 Å². The Labute approximate surface area is 230 Å². The van der Waals surface area contributed by atoms with Gasteiger partial charge in [-0.2, -0.15) is 0 Å². The smallest absolute Gasteiger partial charge is 0.161 e. The van der Waals surface area contributed by atoms with Crippen LogP contribution in [0, 0.1) is 11.8 Å². The van der Waals surface area contributed by atoms with Gasteiger partial charge in [-0.1, -0.05) is 26.0 Å². The summed E-state index contributed by atoms with van der Waals surface area (Å²) in [6.07, 6.45) is 7.23. The van der Waals surface area contributed by atoms with Crippen molar-refractivity contribution in [2.24, 2.45) is 11.8 Å². The molecule has 6 heteroatoms. The molecule has 0 N–H and O–H groups in total. The molecule has 2 aliphatic heterocycles. The fourth-order valence-corrected chi connectivity index (χ4v) is 5.64. The van der Waals surface area contributed by atoms with Crippen LogP contribution in [0.4, 0.5) is 0 Å². The summed E-state index contributed by atoms with van der Waals surface area (Å²) in [7, 11) is 3.46. The molecule has 2 atom stereocenters. The molecule has 2 aromatic rings. The molecule has 4 rings (SSSR count). The predicted octanol–water partition coefficient (Wildman–Crippen LogP) is 5.71. The summed E-state index contributed by atoms with van der Waals surface area (Å²) >= 11 is 0. The number of methoxy groups -OCH3 is 2. The Morgan fingerprint density at radius 3 is 1.37 bits per heavy atom. The molecule has 0 radical (unpaired) electrons. The molecule has 2 aliphatic rings. The van der Waals surface area contributed by atoms with Crippen molar-refractivity contribution in [3.8, 4) is 23.0 Å². The number of ether oxygens (including phenoxy) is 4. The lowest BCUT2D eigenvalue weighted by Gasteiger charge is -2.22. The maximum atomic E-state index is 6.07. The van der Waals surface area contributed by atoms with Crippen LogP contribution >= 0.6 is 0 Å². The summed E-state index contributed by atoms with van der Waals surface area (Å²) < 4.78 is 23.5. The number of hydrogen-bond donors (Lipinski definition) is 0. The van der Waals surface area contributed by atoms with E-state index in [2.05, 4.69) is 60.0 Å². The highest BCUT2D eigenvalue weighted by Crippen LogP contribution is 2.32. The second-order valence-electron chi connectivity index (χ2n) is 11.1. The van der Waals surface area contributed by atoms with Gasteiger partial charge < -0.3 is 18.9 Å². The highest BCUT2D eigenvalue weighted by molar-refractivity contribution is 5.44. The zero-order chi connectivity index (χ0) is 26.7. The first-order valence-corrected chi connectivity index (χ1v) is 14.6. The van der Waals surface area contributed by atoms with Gasteiger partial charge in [0.05, 0.1) is 14.2 Å². The first kappa shape index (κ1) is 28.6. The molecule has 0 amide bonds. The average molecular weight is 525 g/mol. The first-order chi connectivity index (χ1) is 18.6. The van der Waals surface area contributed by atoms with E-state index in [0.29, 0.717) is 25.0 Å². The van der Waals surface area contributed by atoms with Crippen molar-refractivity contribution in [1.29, 1.82) is 0 Å². The Balaban J connectivity index is 1.26. The van der Waals surface area contributed by atoms with E-state index >= 15 is 0 Å². The van der Waals surface area contributed by atoms with E-state index in [0.717, 1.165) is 48.9 Å². The third-order valence-corrected chi connectivity index (χ3v) is 8.27. The fourth-order valence-electron chi connectivity index (χ4n) is 5.64. The van der Waals surface area contributed by atoms with Crippen LogP contribution in [0.2, 0.25) is 0 Å². The molecule has 38 heavy (non-hydrogen) atoms. The number of rotatable bonds is 15. The van der Waals surface area contributed by atoms with Gasteiger partial charge in [0.15, 0.2) is 23.0 Å². The normalized spacial score (nSPS) is 17.9. The molecule has 0 spiro atoms. The van der Waals surface area contributed by atoms with Crippen molar-refractivity contribution in [2.75, 3.05) is 66.7 Å². The van der Waals surface area contributed by atoms with Gasteiger partial charge in [-0.05, 0) is 112 Å². The van der Waals surface area contributed by atoms with Crippen LogP contribution in [0.1, 0.15) is 50.7 Å². The molecule has 0 saturated carbocycles. The summed E-state index contributed by atoms with van der Waals surface area (Å²) in [4.78, 5) is 4.94. The van der Waals surface area contributed by atoms with Gasteiger partial charge in [0.25, 0.3) is 0 Å². The van der Waals surface area contributed by atoms with E-state index in [-0.39, 0.29) is 0 Å². The number of benzene rings is 2. The van der Waals surface area contributed by atoms with Crippen molar-refractivity contribution < 1.29 is 18.9 Å². The number of hydrogen-bond acceptors (Lipinski definition) is 6. The van der Waals surface area contributed by atoms with Crippen molar-refractivity contribution >= 4 is 0 Å². The zero-order valence-electron chi connectivity index (χ0n) is 24.0. The molecule has 0 bridgehead atoms. The third-order valence-electron chi connectivity index (χ3n) is 8.27. The molecule has 6 nitrogen and oxygen atoms in total. The molecule has 2 heterocycles. The van der Waals surface area contributed by atoms with E-state index in [1.165, 1.54) is 63.0 Å². The highest BCUT2D eigenvalue weighted by atomic mass is 16.5. The topological polar surface area (TPSA) is 43.4 Å². The standard InChI is InChI=1S/C32H48N2O4/c1-25(21-27-9-11-29(31(23-27)35-3)37-19-17-33-13-5-6-14-33)26(2)22-28-10-12-30(32(24-28)36-4)38-20-18-34-15-7-8-16-34/h9-12,23-26H,5-8,13-22H2,1-4H3/t25-,26+. The van der Waals surface area contributed by atoms with Crippen molar-refractivity contribution in [3.05, 3.63) is 47.5 Å². The Morgan fingerprint density at radius 1 is 0.605 bits per heavy atom. The Kier molecular flexibility index (Phi) is 11.0. The lowest BCUT2D eigenvalue weighted by atomic mass is 9.85. The molecule has 2 saturated heterocycles. The van der Waals surface area contributed by atoms with Crippen LogP contribution in [0.5, 0.6) is 23.0 Å². The lowest BCUT2D eigenvalue weighted by Crippen LogP contribution is -2.25. The third kappa shape index (κ3) is 8.28. The summed E-state index contributed by atoms with van der Waals surface area (Å²) in [6, 6.07) is 12.8. The number of likely N-dealkylation sites (tertiary alicyclic amines) is 2. The van der Waals surface area contributed by atoms with Crippen LogP contribution in [0.15, 0.2) is 36.4 Å². The summed E-state index contributed by atoms with van der Waals surface area (Å²) in [5.74, 6) is 4.37. The molecule has 0 unspecified atom stereocenters. The molecule has 210 valence electrons. The minimum Gasteiger partial charge on any atom is -0.493 e. The molecular weight excluding hydrogens is 476 g/mol. The zero-order valence-corrected chi connectivity index (χ0v) is 24.0. The largest absolute Gasteiger partial charge is 0.493 e. The van der Waals surface area contributed by atoms with E-state index < -0.39 is 0 Å². The van der Waals surface area contributed by atoms with Crippen molar-refractivity contribution in [2.45, 2.75) is 52.4 Å². The van der Waals surface area contributed by atoms with Crippen molar-refractivity contribution in [1.82, 2.24) is 9.80 Å². The molecule has 0 aromatic heterocycles. The fraction of sp³-hybridized carbons (Fsp3) is 0.625. The lowest BCUT2D eigenvalue weighted by molar-refractivity contribution is 0.230. The van der Waals surface area contributed by atoms with Gasteiger partial charge in [0.2, 0.25) is 0 Å². The monoisotopic (exact) mass is 524 g/mol. The van der Waals surface area contributed by atoms with E-state index in [4.69, 9.17) is 18.9 Å². The summed E-state index contributed by atoms with van der Waals surface area (Å²) in [5, 5.41) is 0. The Bertz CT molecular complexity index is 906. The minimum atomic E-state index is 0.518. The maximum absolute atomic E-state index is 6.07. The summed E-state index contributed by atoms with van der Waals surface area (Å²) in [5.41, 5.74) is 2.57. The van der Waals surface area contributed by atoms with Crippen LogP contribution in [0.3, 0.4) is 0 Å². The molecule has 2 fully saturated rings. The Hall–Kier alpha value is -2.44. The quantitative estimate of drug-likeness (QED) is 0.297. The minimum absolute atomic E-state index is 0.518. The van der Waals surface area contributed by atoms with Gasteiger partial charge in [0.1, 0.15) is 13.2 Å². The number of nitrogens with zero attached hydrogens (tertiary/aromatic N) is 2. The van der Waals surface area contributed by atoms with Gasteiger partial charge in [-0.25, -0.2) is 0 Å².